The Hall–Kier alpha value is -2.67. The lowest BCUT2D eigenvalue weighted by Gasteiger charge is -2.12. The first-order chi connectivity index (χ1) is 12.1. The molecule has 0 unspecified atom stereocenters. The van der Waals surface area contributed by atoms with Crippen molar-refractivity contribution in [2.45, 2.75) is 32.8 Å². The largest absolute Gasteiger partial charge is 0.368 e. The van der Waals surface area contributed by atoms with E-state index in [-0.39, 0.29) is 12.0 Å². The molecule has 132 valence electrons. The van der Waals surface area contributed by atoms with Gasteiger partial charge in [0.1, 0.15) is 11.9 Å². The van der Waals surface area contributed by atoms with Crippen LogP contribution in [0.15, 0.2) is 30.3 Å². The molecule has 7 nitrogen and oxygen atoms in total. The summed E-state index contributed by atoms with van der Waals surface area (Å²) in [6, 6.07) is 9.39. The molecule has 0 radical (unpaired) electrons. The quantitative estimate of drug-likeness (QED) is 0.748. The van der Waals surface area contributed by atoms with Crippen molar-refractivity contribution in [2.24, 2.45) is 0 Å². The molecule has 1 aliphatic heterocycles. The molecule has 25 heavy (non-hydrogen) atoms. The molecule has 0 saturated carbocycles. The van der Waals surface area contributed by atoms with Gasteiger partial charge in [0.25, 0.3) is 5.91 Å². The molecular weight excluding hydrogens is 318 g/mol. The lowest BCUT2D eigenvalue weighted by atomic mass is 10.2. The molecule has 1 amide bonds. The Morgan fingerprint density at radius 1 is 1.24 bits per heavy atom. The number of nitrogens with zero attached hydrogens (tertiary/aromatic N) is 2. The first-order valence-corrected chi connectivity index (χ1v) is 8.53. The van der Waals surface area contributed by atoms with Gasteiger partial charge in [-0.15, -0.1) is 0 Å². The van der Waals surface area contributed by atoms with E-state index in [0.29, 0.717) is 12.6 Å². The molecule has 1 saturated heterocycles. The number of anilines is 4. The van der Waals surface area contributed by atoms with Gasteiger partial charge < -0.3 is 20.7 Å². The topological polar surface area (TPSA) is 88.2 Å². The number of amides is 1. The lowest BCUT2D eigenvalue weighted by molar-refractivity contribution is -0.124. The van der Waals surface area contributed by atoms with Crippen LogP contribution in [0.25, 0.3) is 0 Å². The molecule has 2 heterocycles. The molecule has 3 N–H and O–H groups in total. The molecule has 3 rings (SSSR count). The number of carbonyl (C=O) groups excluding carboxylic acids is 1. The number of carbonyl (C=O) groups is 1. The van der Waals surface area contributed by atoms with E-state index in [2.05, 4.69) is 25.9 Å². The van der Waals surface area contributed by atoms with Crippen LogP contribution in [0.5, 0.6) is 0 Å². The first kappa shape index (κ1) is 17.2. The van der Waals surface area contributed by atoms with Crippen molar-refractivity contribution in [3.8, 4) is 0 Å². The average molecular weight is 341 g/mol. The van der Waals surface area contributed by atoms with Crippen molar-refractivity contribution < 1.29 is 9.53 Å². The normalized spacial score (nSPS) is 16.5. The van der Waals surface area contributed by atoms with Gasteiger partial charge in [0.05, 0.1) is 0 Å². The van der Waals surface area contributed by atoms with Gasteiger partial charge in [0, 0.05) is 36.3 Å². The number of nitrogens with one attached hydrogen (secondary N) is 3. The van der Waals surface area contributed by atoms with E-state index < -0.39 is 0 Å². The van der Waals surface area contributed by atoms with Crippen LogP contribution < -0.4 is 16.0 Å². The van der Waals surface area contributed by atoms with Gasteiger partial charge >= 0.3 is 0 Å². The predicted molar refractivity (Wildman–Crippen MR) is 98.3 cm³/mol. The summed E-state index contributed by atoms with van der Waals surface area (Å²) in [5.41, 5.74) is 2.52. The number of hydrogen-bond acceptors (Lipinski definition) is 6. The second-order valence-electron chi connectivity index (χ2n) is 5.94. The van der Waals surface area contributed by atoms with E-state index in [1.165, 1.54) is 0 Å². The Morgan fingerprint density at radius 2 is 2.00 bits per heavy atom. The van der Waals surface area contributed by atoms with E-state index in [1.54, 1.807) is 0 Å². The monoisotopic (exact) mass is 341 g/mol. The van der Waals surface area contributed by atoms with Crippen molar-refractivity contribution in [1.29, 1.82) is 0 Å². The smallest absolute Gasteiger partial charge is 0.253 e. The van der Waals surface area contributed by atoms with Gasteiger partial charge in [0.2, 0.25) is 5.95 Å². The SMILES string of the molecule is CCNc1nc(C)cc(Nc2ccc(NC(=O)[C@H]3CCCO3)cc2)n1. The Bertz CT molecular complexity index is 727. The molecule has 1 aromatic carbocycles. The number of benzene rings is 1. The third kappa shape index (κ3) is 4.67. The average Bonchev–Trinajstić information content (AvgIpc) is 3.11. The molecule has 7 heteroatoms. The highest BCUT2D eigenvalue weighted by atomic mass is 16.5. The van der Waals surface area contributed by atoms with Gasteiger partial charge in [0.15, 0.2) is 0 Å². The van der Waals surface area contributed by atoms with Crippen LogP contribution >= 0.6 is 0 Å². The van der Waals surface area contributed by atoms with E-state index >= 15 is 0 Å². The summed E-state index contributed by atoms with van der Waals surface area (Å²) < 4.78 is 5.39. The van der Waals surface area contributed by atoms with Crippen LogP contribution in [-0.4, -0.2) is 35.1 Å². The lowest BCUT2D eigenvalue weighted by Crippen LogP contribution is -2.26. The number of aromatic nitrogens is 2. The summed E-state index contributed by atoms with van der Waals surface area (Å²) in [5.74, 6) is 1.24. The van der Waals surface area contributed by atoms with Crippen LogP contribution in [0, 0.1) is 6.92 Å². The molecule has 1 aliphatic rings. The fourth-order valence-corrected chi connectivity index (χ4v) is 2.66. The molecule has 0 bridgehead atoms. The minimum Gasteiger partial charge on any atom is -0.368 e. The summed E-state index contributed by atoms with van der Waals surface area (Å²) in [4.78, 5) is 20.8. The second kappa shape index (κ2) is 7.94. The van der Waals surface area contributed by atoms with Gasteiger partial charge in [-0.25, -0.2) is 4.98 Å². The van der Waals surface area contributed by atoms with E-state index in [4.69, 9.17) is 4.74 Å². The van der Waals surface area contributed by atoms with Crippen molar-refractivity contribution >= 4 is 29.0 Å². The standard InChI is InChI=1S/C18H23N5O2/c1-3-19-18-20-12(2)11-16(23-18)21-13-6-8-14(9-7-13)22-17(24)15-5-4-10-25-15/h6-9,11,15H,3-5,10H2,1-2H3,(H,22,24)(H2,19,20,21,23)/t15-/m1/s1. The highest BCUT2D eigenvalue weighted by Crippen LogP contribution is 2.20. The number of aryl methyl sites for hydroxylation is 1. The van der Waals surface area contributed by atoms with Gasteiger partial charge in [-0.05, 0) is 51.0 Å². The van der Waals surface area contributed by atoms with Crippen molar-refractivity contribution in [3.05, 3.63) is 36.0 Å². The van der Waals surface area contributed by atoms with E-state index in [0.717, 1.165) is 42.3 Å². The number of hydrogen-bond donors (Lipinski definition) is 3. The van der Waals surface area contributed by atoms with Crippen LogP contribution in [0.3, 0.4) is 0 Å². The van der Waals surface area contributed by atoms with Crippen molar-refractivity contribution in [3.63, 3.8) is 0 Å². The van der Waals surface area contributed by atoms with Crippen molar-refractivity contribution in [1.82, 2.24) is 9.97 Å². The molecule has 0 spiro atoms. The van der Waals surface area contributed by atoms with Gasteiger partial charge in [-0.2, -0.15) is 4.98 Å². The Morgan fingerprint density at radius 3 is 2.68 bits per heavy atom. The molecule has 1 atom stereocenters. The van der Waals surface area contributed by atoms with Crippen LogP contribution in [-0.2, 0) is 9.53 Å². The summed E-state index contributed by atoms with van der Waals surface area (Å²) in [6.07, 6.45) is 1.40. The Labute approximate surface area is 147 Å². The Kier molecular flexibility index (Phi) is 5.45. The third-order valence-electron chi connectivity index (χ3n) is 3.84. The minimum atomic E-state index is -0.328. The molecular formula is C18H23N5O2. The zero-order valence-corrected chi connectivity index (χ0v) is 14.5. The highest BCUT2D eigenvalue weighted by Gasteiger charge is 2.23. The van der Waals surface area contributed by atoms with E-state index in [9.17, 15) is 4.79 Å². The third-order valence-corrected chi connectivity index (χ3v) is 3.84. The van der Waals surface area contributed by atoms with E-state index in [1.807, 2.05) is 44.2 Å². The zero-order valence-electron chi connectivity index (χ0n) is 14.5. The maximum absolute atomic E-state index is 12.1. The minimum absolute atomic E-state index is 0.0834. The molecule has 2 aromatic rings. The molecule has 1 fully saturated rings. The van der Waals surface area contributed by atoms with Crippen LogP contribution in [0.4, 0.5) is 23.1 Å². The Balaban J connectivity index is 1.63. The summed E-state index contributed by atoms with van der Waals surface area (Å²) >= 11 is 0. The predicted octanol–water partition coefficient (Wildman–Crippen LogP) is 3.08. The maximum atomic E-state index is 12.1. The first-order valence-electron chi connectivity index (χ1n) is 8.53. The van der Waals surface area contributed by atoms with Gasteiger partial charge in [-0.3, -0.25) is 4.79 Å². The maximum Gasteiger partial charge on any atom is 0.253 e. The van der Waals surface area contributed by atoms with Gasteiger partial charge in [-0.1, -0.05) is 0 Å². The zero-order chi connectivity index (χ0) is 17.6. The summed E-state index contributed by atoms with van der Waals surface area (Å²) in [6.45, 7) is 5.36. The van der Waals surface area contributed by atoms with Crippen LogP contribution in [0.1, 0.15) is 25.5 Å². The molecule has 1 aromatic heterocycles. The highest BCUT2D eigenvalue weighted by molar-refractivity contribution is 5.94. The van der Waals surface area contributed by atoms with Crippen LogP contribution in [0.2, 0.25) is 0 Å². The number of rotatable bonds is 6. The second-order valence-corrected chi connectivity index (χ2v) is 5.94. The summed E-state index contributed by atoms with van der Waals surface area (Å²) in [7, 11) is 0. The fraction of sp³-hybridized carbons (Fsp3) is 0.389. The fourth-order valence-electron chi connectivity index (χ4n) is 2.66. The molecule has 0 aliphatic carbocycles. The summed E-state index contributed by atoms with van der Waals surface area (Å²) in [5, 5.41) is 9.24. The number of ether oxygens (including phenoxy) is 1. The van der Waals surface area contributed by atoms with Crippen molar-refractivity contribution in [2.75, 3.05) is 29.1 Å².